The van der Waals surface area contributed by atoms with Crippen molar-refractivity contribution < 1.29 is 9.84 Å². The highest BCUT2D eigenvalue weighted by Gasteiger charge is 2.03. The third-order valence-electron chi connectivity index (χ3n) is 2.50. The normalized spacial score (nSPS) is 12.4. The number of rotatable bonds is 4. The van der Waals surface area contributed by atoms with E-state index < -0.39 is 6.10 Å². The minimum atomic E-state index is -0.478. The molecule has 0 aliphatic rings. The lowest BCUT2D eigenvalue weighted by Crippen LogP contribution is -1.99. The fourth-order valence-electron chi connectivity index (χ4n) is 1.56. The quantitative estimate of drug-likeness (QED) is 0.877. The lowest BCUT2D eigenvalue weighted by Gasteiger charge is -2.08. The van der Waals surface area contributed by atoms with E-state index in [2.05, 4.69) is 5.10 Å². The van der Waals surface area contributed by atoms with Crippen LogP contribution in [0.5, 0.6) is 5.75 Å². The molecule has 1 atom stereocenters. The monoisotopic (exact) mass is 232 g/mol. The molecular weight excluding hydrogens is 216 g/mol. The largest absolute Gasteiger partial charge is 0.487 e. The molecule has 90 valence electrons. The van der Waals surface area contributed by atoms with Gasteiger partial charge in [-0.3, -0.25) is 4.68 Å². The molecule has 1 N–H and O–H groups in total. The highest BCUT2D eigenvalue weighted by atomic mass is 16.5. The fraction of sp³-hybridized carbons (Fsp3) is 0.308. The predicted molar refractivity (Wildman–Crippen MR) is 64.6 cm³/mol. The first-order valence-electron chi connectivity index (χ1n) is 5.54. The number of aromatic nitrogens is 2. The number of aliphatic hydroxyl groups excluding tert-OH is 1. The van der Waals surface area contributed by atoms with Crippen LogP contribution in [0.3, 0.4) is 0 Å². The third-order valence-corrected chi connectivity index (χ3v) is 2.50. The van der Waals surface area contributed by atoms with Crippen LogP contribution < -0.4 is 4.74 Å². The van der Waals surface area contributed by atoms with Gasteiger partial charge in [-0.25, -0.2) is 0 Å². The summed E-state index contributed by atoms with van der Waals surface area (Å²) in [6.45, 7) is 2.17. The van der Waals surface area contributed by atoms with Crippen molar-refractivity contribution in [3.05, 3.63) is 47.8 Å². The van der Waals surface area contributed by atoms with Gasteiger partial charge >= 0.3 is 0 Å². The summed E-state index contributed by atoms with van der Waals surface area (Å²) in [5.74, 6) is 0.744. The van der Waals surface area contributed by atoms with Crippen molar-refractivity contribution in [2.75, 3.05) is 0 Å². The smallest absolute Gasteiger partial charge is 0.132 e. The Balaban J connectivity index is 2.01. The maximum Gasteiger partial charge on any atom is 0.132 e. The van der Waals surface area contributed by atoms with Gasteiger partial charge in [0.05, 0.1) is 11.8 Å². The zero-order chi connectivity index (χ0) is 12.3. The molecule has 1 aromatic carbocycles. The summed E-state index contributed by atoms with van der Waals surface area (Å²) >= 11 is 0. The molecular formula is C13H16N2O2. The lowest BCUT2D eigenvalue weighted by molar-refractivity contribution is 0.198. The minimum Gasteiger partial charge on any atom is -0.487 e. The summed E-state index contributed by atoms with van der Waals surface area (Å²) in [6, 6.07) is 9.37. The molecule has 0 saturated carbocycles. The molecule has 17 heavy (non-hydrogen) atoms. The van der Waals surface area contributed by atoms with Crippen LogP contribution in [0.25, 0.3) is 0 Å². The van der Waals surface area contributed by atoms with Gasteiger partial charge in [0.2, 0.25) is 0 Å². The molecule has 4 nitrogen and oxygen atoms in total. The molecule has 2 rings (SSSR count). The molecule has 0 fully saturated rings. The Morgan fingerprint density at radius 3 is 2.88 bits per heavy atom. The SMILES string of the molecule is CC(O)c1cccc(OCc2ccn(C)n2)c1. The van der Waals surface area contributed by atoms with Crippen molar-refractivity contribution in [3.63, 3.8) is 0 Å². The van der Waals surface area contributed by atoms with Crippen LogP contribution in [0.1, 0.15) is 24.3 Å². The Labute approximate surface area is 100 Å². The van der Waals surface area contributed by atoms with E-state index in [1.807, 2.05) is 43.6 Å². The van der Waals surface area contributed by atoms with E-state index >= 15 is 0 Å². The lowest BCUT2D eigenvalue weighted by atomic mass is 10.1. The minimum absolute atomic E-state index is 0.435. The van der Waals surface area contributed by atoms with Gasteiger partial charge in [-0.05, 0) is 30.7 Å². The van der Waals surface area contributed by atoms with Crippen molar-refractivity contribution in [1.82, 2.24) is 9.78 Å². The predicted octanol–water partition coefficient (Wildman–Crippen LogP) is 2.05. The zero-order valence-corrected chi connectivity index (χ0v) is 10.00. The number of aryl methyl sites for hydroxylation is 1. The second kappa shape index (κ2) is 5.01. The van der Waals surface area contributed by atoms with Gasteiger partial charge < -0.3 is 9.84 Å². The maximum atomic E-state index is 9.47. The van der Waals surface area contributed by atoms with Crippen LogP contribution in [0.15, 0.2) is 36.5 Å². The second-order valence-electron chi connectivity index (χ2n) is 4.02. The van der Waals surface area contributed by atoms with Gasteiger partial charge in [-0.15, -0.1) is 0 Å². The number of aliphatic hydroxyl groups is 1. The molecule has 0 bridgehead atoms. The van der Waals surface area contributed by atoms with Crippen LogP contribution >= 0.6 is 0 Å². The first kappa shape index (κ1) is 11.7. The summed E-state index contributed by atoms with van der Waals surface area (Å²) in [6.07, 6.45) is 1.40. The molecule has 1 heterocycles. The molecule has 2 aromatic rings. The number of benzene rings is 1. The Kier molecular flexibility index (Phi) is 3.44. The van der Waals surface area contributed by atoms with Crippen LogP contribution in [0.4, 0.5) is 0 Å². The highest BCUT2D eigenvalue weighted by Crippen LogP contribution is 2.19. The standard InChI is InChI=1S/C13H16N2O2/c1-10(16)11-4-3-5-13(8-11)17-9-12-6-7-15(2)14-12/h3-8,10,16H,9H2,1-2H3. The number of hydrogen-bond acceptors (Lipinski definition) is 3. The Bertz CT molecular complexity index is 492. The summed E-state index contributed by atoms with van der Waals surface area (Å²) in [7, 11) is 1.87. The van der Waals surface area contributed by atoms with E-state index in [0.717, 1.165) is 17.0 Å². The van der Waals surface area contributed by atoms with Crippen LogP contribution in [0, 0.1) is 0 Å². The number of nitrogens with zero attached hydrogens (tertiary/aromatic N) is 2. The molecule has 1 aromatic heterocycles. The van der Waals surface area contributed by atoms with Crippen molar-refractivity contribution in [2.45, 2.75) is 19.6 Å². The van der Waals surface area contributed by atoms with Crippen molar-refractivity contribution >= 4 is 0 Å². The van der Waals surface area contributed by atoms with Gasteiger partial charge in [-0.1, -0.05) is 12.1 Å². The van der Waals surface area contributed by atoms with Crippen molar-refractivity contribution in [2.24, 2.45) is 7.05 Å². The molecule has 0 saturated heterocycles. The number of ether oxygens (including phenoxy) is 1. The summed E-state index contributed by atoms with van der Waals surface area (Å²) in [4.78, 5) is 0. The van der Waals surface area contributed by atoms with Crippen molar-refractivity contribution in [3.8, 4) is 5.75 Å². The van der Waals surface area contributed by atoms with E-state index in [0.29, 0.717) is 6.61 Å². The van der Waals surface area contributed by atoms with Crippen LogP contribution in [-0.2, 0) is 13.7 Å². The Morgan fingerprint density at radius 1 is 1.41 bits per heavy atom. The van der Waals surface area contributed by atoms with Crippen molar-refractivity contribution in [1.29, 1.82) is 0 Å². The van der Waals surface area contributed by atoms with E-state index in [9.17, 15) is 5.11 Å². The van der Waals surface area contributed by atoms with Gasteiger partial charge in [0, 0.05) is 13.2 Å². The average Bonchev–Trinajstić information content (AvgIpc) is 2.73. The number of hydrogen-bond donors (Lipinski definition) is 1. The molecule has 1 unspecified atom stereocenters. The van der Waals surface area contributed by atoms with E-state index in [-0.39, 0.29) is 0 Å². The maximum absolute atomic E-state index is 9.47. The molecule has 0 radical (unpaired) electrons. The second-order valence-corrected chi connectivity index (χ2v) is 4.02. The van der Waals surface area contributed by atoms with Crippen LogP contribution in [0.2, 0.25) is 0 Å². The Hall–Kier alpha value is -1.81. The van der Waals surface area contributed by atoms with E-state index in [1.54, 1.807) is 11.6 Å². The molecule has 0 aliphatic carbocycles. The summed E-state index contributed by atoms with van der Waals surface area (Å²) in [5, 5.41) is 13.7. The van der Waals surface area contributed by atoms with Gasteiger partial charge in [-0.2, -0.15) is 5.10 Å². The van der Waals surface area contributed by atoms with Gasteiger partial charge in [0.15, 0.2) is 0 Å². The van der Waals surface area contributed by atoms with Gasteiger partial charge in [0.1, 0.15) is 12.4 Å². The van der Waals surface area contributed by atoms with Gasteiger partial charge in [0.25, 0.3) is 0 Å². The molecule has 0 amide bonds. The highest BCUT2D eigenvalue weighted by molar-refractivity contribution is 5.29. The first-order valence-corrected chi connectivity index (χ1v) is 5.54. The third kappa shape index (κ3) is 3.07. The summed E-state index contributed by atoms with van der Waals surface area (Å²) in [5.41, 5.74) is 1.73. The molecule has 0 spiro atoms. The van der Waals surface area contributed by atoms with Crippen LogP contribution in [-0.4, -0.2) is 14.9 Å². The average molecular weight is 232 g/mol. The summed E-state index contributed by atoms with van der Waals surface area (Å²) < 4.78 is 7.35. The topological polar surface area (TPSA) is 47.3 Å². The molecule has 4 heteroatoms. The molecule has 0 aliphatic heterocycles. The van der Waals surface area contributed by atoms with E-state index in [4.69, 9.17) is 4.74 Å². The first-order chi connectivity index (χ1) is 8.15. The fourth-order valence-corrected chi connectivity index (χ4v) is 1.56. The Morgan fingerprint density at radius 2 is 2.24 bits per heavy atom. The zero-order valence-electron chi connectivity index (χ0n) is 10.00. The van der Waals surface area contributed by atoms with E-state index in [1.165, 1.54) is 0 Å².